The van der Waals surface area contributed by atoms with E-state index in [4.69, 9.17) is 0 Å². The Kier molecular flexibility index (Phi) is 3.06. The van der Waals surface area contributed by atoms with Crippen LogP contribution in [0.3, 0.4) is 0 Å². The van der Waals surface area contributed by atoms with Crippen molar-refractivity contribution in [2.45, 2.75) is 19.3 Å². The predicted octanol–water partition coefficient (Wildman–Crippen LogP) is 2.27. The highest BCUT2D eigenvalue weighted by Crippen LogP contribution is 2.36. The van der Waals surface area contributed by atoms with E-state index in [1.54, 1.807) is 0 Å². The van der Waals surface area contributed by atoms with E-state index in [-0.39, 0.29) is 19.2 Å². The van der Waals surface area contributed by atoms with Crippen LogP contribution in [0.15, 0.2) is 0 Å². The maximum absolute atomic E-state index is 11.7. The fourth-order valence-corrected chi connectivity index (χ4v) is 1.46. The van der Waals surface area contributed by atoms with Crippen LogP contribution in [0.25, 0.3) is 0 Å². The van der Waals surface area contributed by atoms with Crippen molar-refractivity contribution in [2.24, 2.45) is 11.8 Å². The van der Waals surface area contributed by atoms with E-state index >= 15 is 0 Å². The molecule has 10 heavy (non-hydrogen) atoms. The number of hydrogen-bond acceptors (Lipinski definition) is 1. The minimum absolute atomic E-state index is 0.157. The van der Waals surface area contributed by atoms with E-state index in [0.717, 1.165) is 12.8 Å². The van der Waals surface area contributed by atoms with Crippen molar-refractivity contribution in [3.8, 4) is 0 Å². The van der Waals surface area contributed by atoms with E-state index in [0.29, 0.717) is 12.3 Å². The molecule has 60 valence electrons. The zero-order valence-electron chi connectivity index (χ0n) is 5.85. The smallest absolute Gasteiger partial charge is 0.0907 e. The fourth-order valence-electron chi connectivity index (χ4n) is 1.46. The Balaban J connectivity index is 2.09. The summed E-state index contributed by atoms with van der Waals surface area (Å²) in [6.45, 7) is -0.127. The van der Waals surface area contributed by atoms with Crippen LogP contribution in [0.1, 0.15) is 19.3 Å². The molecule has 0 N–H and O–H groups in total. The first kappa shape index (κ1) is 7.92. The van der Waals surface area contributed by atoms with Gasteiger partial charge in [-0.1, -0.05) is 0 Å². The van der Waals surface area contributed by atoms with Crippen molar-refractivity contribution in [1.29, 1.82) is 0 Å². The highest BCUT2D eigenvalue weighted by atomic mass is 19.3. The van der Waals surface area contributed by atoms with E-state index in [1.807, 2.05) is 0 Å². The monoisotopic (exact) mass is 150 g/mol. The molecule has 0 heterocycles. The summed E-state index contributed by atoms with van der Waals surface area (Å²) >= 11 is 0. The third-order valence-electron chi connectivity index (χ3n) is 2.33. The van der Waals surface area contributed by atoms with Crippen LogP contribution in [0, 0.1) is 11.8 Å². The lowest BCUT2D eigenvalue weighted by atomic mass is 9.73. The molecule has 0 bridgehead atoms. The summed E-state index contributed by atoms with van der Waals surface area (Å²) in [7, 11) is 0. The molecular formula is C7H12F2O. The molecule has 3 heteroatoms. The summed E-state index contributed by atoms with van der Waals surface area (Å²) in [5, 5.41) is 0. The molecule has 0 aliphatic heterocycles. The molecule has 0 saturated heterocycles. The number of alkyl halides is 1. The normalized spacial score (nSPS) is 31.8. The van der Waals surface area contributed by atoms with Gasteiger partial charge in [-0.3, -0.25) is 4.39 Å². The van der Waals surface area contributed by atoms with E-state index in [2.05, 4.69) is 4.94 Å². The molecule has 1 fully saturated rings. The highest BCUT2D eigenvalue weighted by molar-refractivity contribution is 4.79. The fraction of sp³-hybridized carbons (Fsp3) is 1.00. The predicted molar refractivity (Wildman–Crippen MR) is 33.9 cm³/mol. The van der Waals surface area contributed by atoms with Crippen molar-refractivity contribution >= 4 is 0 Å². The first-order chi connectivity index (χ1) is 4.88. The maximum atomic E-state index is 11.7. The van der Waals surface area contributed by atoms with E-state index in [9.17, 15) is 8.92 Å². The molecule has 0 aromatic heterocycles. The molecule has 0 spiro atoms. The van der Waals surface area contributed by atoms with Crippen LogP contribution in [-0.2, 0) is 4.94 Å². The molecule has 0 amide bonds. The molecule has 1 aliphatic carbocycles. The van der Waals surface area contributed by atoms with Crippen LogP contribution >= 0.6 is 0 Å². The molecule has 1 saturated carbocycles. The summed E-state index contributed by atoms with van der Waals surface area (Å²) in [6, 6.07) is 0. The Morgan fingerprint density at radius 3 is 2.40 bits per heavy atom. The van der Waals surface area contributed by atoms with Gasteiger partial charge in [0.2, 0.25) is 0 Å². The minimum Gasteiger partial charge on any atom is -0.251 e. The van der Waals surface area contributed by atoms with Crippen molar-refractivity contribution in [3.05, 3.63) is 0 Å². The van der Waals surface area contributed by atoms with Gasteiger partial charge in [-0.2, -0.15) is 4.94 Å². The van der Waals surface area contributed by atoms with Gasteiger partial charge in [0.15, 0.2) is 0 Å². The third kappa shape index (κ3) is 1.66. The van der Waals surface area contributed by atoms with Gasteiger partial charge in [-0.15, -0.1) is 0 Å². The van der Waals surface area contributed by atoms with Crippen LogP contribution in [0.4, 0.5) is 8.92 Å². The molecule has 1 aliphatic rings. The van der Waals surface area contributed by atoms with Crippen molar-refractivity contribution in [2.75, 3.05) is 13.3 Å². The Hall–Kier alpha value is -0.180. The lowest BCUT2D eigenvalue weighted by Gasteiger charge is -2.34. The molecule has 1 nitrogen and oxygen atoms in total. The zero-order valence-corrected chi connectivity index (χ0v) is 5.85. The van der Waals surface area contributed by atoms with Crippen LogP contribution in [0.2, 0.25) is 0 Å². The van der Waals surface area contributed by atoms with Gasteiger partial charge in [0.1, 0.15) is 0 Å². The molecule has 0 aromatic rings. The van der Waals surface area contributed by atoms with Crippen LogP contribution in [0.5, 0.6) is 0 Å². The minimum atomic E-state index is -0.284. The molecule has 0 radical (unpaired) electrons. The number of halogens is 2. The van der Waals surface area contributed by atoms with Gasteiger partial charge in [0.25, 0.3) is 0 Å². The van der Waals surface area contributed by atoms with Crippen molar-refractivity contribution < 1.29 is 13.9 Å². The average Bonchev–Trinajstić information content (AvgIpc) is 1.93. The largest absolute Gasteiger partial charge is 0.251 e. The molecule has 2 unspecified atom stereocenters. The van der Waals surface area contributed by atoms with Gasteiger partial charge in [-0.25, -0.2) is 0 Å². The second kappa shape index (κ2) is 3.86. The summed E-state index contributed by atoms with van der Waals surface area (Å²) in [6.07, 6.45) is 2.61. The second-order valence-corrected chi connectivity index (χ2v) is 2.85. The molecule has 2 atom stereocenters. The van der Waals surface area contributed by atoms with Gasteiger partial charge in [0, 0.05) is 0 Å². The first-order valence-electron chi connectivity index (χ1n) is 3.68. The quantitative estimate of drug-likeness (QED) is 0.597. The van der Waals surface area contributed by atoms with Gasteiger partial charge >= 0.3 is 0 Å². The van der Waals surface area contributed by atoms with E-state index < -0.39 is 0 Å². The highest BCUT2D eigenvalue weighted by Gasteiger charge is 2.30. The molecule has 0 aromatic carbocycles. The number of hydrogen-bond donors (Lipinski definition) is 0. The standard InChI is InChI=1S/C7H12F2O/c8-4-3-6-1-2-7(6)5-10-9/h6-7H,1-5H2. The SMILES string of the molecule is FCCC1CCC1COF. The Bertz CT molecular complexity index is 85.6. The maximum Gasteiger partial charge on any atom is 0.0907 e. The van der Waals surface area contributed by atoms with Crippen LogP contribution in [-0.4, -0.2) is 13.3 Å². The second-order valence-electron chi connectivity index (χ2n) is 2.85. The van der Waals surface area contributed by atoms with Crippen molar-refractivity contribution in [3.63, 3.8) is 0 Å². The Morgan fingerprint density at radius 1 is 1.30 bits per heavy atom. The summed E-state index contributed by atoms with van der Waals surface area (Å²) in [5.41, 5.74) is 0. The summed E-state index contributed by atoms with van der Waals surface area (Å²) in [5.74, 6) is 0.654. The van der Waals surface area contributed by atoms with E-state index in [1.165, 1.54) is 0 Å². The first-order valence-corrected chi connectivity index (χ1v) is 3.68. The average molecular weight is 150 g/mol. The summed E-state index contributed by atoms with van der Waals surface area (Å²) < 4.78 is 23.0. The third-order valence-corrected chi connectivity index (χ3v) is 2.33. The summed E-state index contributed by atoms with van der Waals surface area (Å²) in [4.78, 5) is 3.50. The molecular weight excluding hydrogens is 138 g/mol. The zero-order chi connectivity index (χ0) is 7.40. The Labute approximate surface area is 59.3 Å². The van der Waals surface area contributed by atoms with Gasteiger partial charge < -0.3 is 0 Å². The number of rotatable bonds is 4. The molecule has 1 rings (SSSR count). The lowest BCUT2D eigenvalue weighted by Crippen LogP contribution is -2.29. The lowest BCUT2D eigenvalue weighted by molar-refractivity contribution is -0.161. The Morgan fingerprint density at radius 2 is 2.00 bits per heavy atom. The van der Waals surface area contributed by atoms with Crippen molar-refractivity contribution in [1.82, 2.24) is 0 Å². The van der Waals surface area contributed by atoms with Gasteiger partial charge in [0.05, 0.1) is 13.3 Å². The topological polar surface area (TPSA) is 9.23 Å². The van der Waals surface area contributed by atoms with Gasteiger partial charge in [-0.05, 0) is 35.6 Å². The van der Waals surface area contributed by atoms with Crippen LogP contribution < -0.4 is 0 Å².